The van der Waals surface area contributed by atoms with Crippen molar-refractivity contribution < 1.29 is 10.4 Å². The minimum Gasteiger partial charge on any atom is -0.349 e. The van der Waals surface area contributed by atoms with E-state index in [0.717, 1.165) is 27.8 Å². The second kappa shape index (κ2) is 12.2. The quantitative estimate of drug-likeness (QED) is 0.153. The second-order valence-corrected chi connectivity index (χ2v) is 15.0. The van der Waals surface area contributed by atoms with Crippen molar-refractivity contribution in [3.63, 3.8) is 0 Å². The number of nitro groups is 1. The monoisotopic (exact) mass is 614 g/mol. The van der Waals surface area contributed by atoms with Crippen LogP contribution in [0, 0.1) is 10.1 Å². The van der Waals surface area contributed by atoms with E-state index in [2.05, 4.69) is 85.8 Å². The maximum Gasteiger partial charge on any atom is 0.292 e. The molecule has 1 N–H and O–H groups in total. The molecule has 0 spiro atoms. The zero-order chi connectivity index (χ0) is 36.9. The lowest BCUT2D eigenvalue weighted by atomic mass is 9.78. The van der Waals surface area contributed by atoms with Crippen molar-refractivity contribution in [3.8, 4) is 33.4 Å². The Balaban J connectivity index is 1.83. The standard InChI is InChI=1S/C42H46N2O2/c1-40(2,3)32-23-21-29(22-24-32)28-17-19-30(20-18-28)35-13-12-14-36(39(35)43-37-15-10-11-16-38(37)44(45)46)31-25-33(41(4,5)6)27-34(26-31)42(7,8)9/h10-27,43H,1-9H3/i17D,18D,19D,20D. The lowest BCUT2D eigenvalue weighted by Gasteiger charge is -2.27. The summed E-state index contributed by atoms with van der Waals surface area (Å²) in [5.74, 6) is 0. The van der Waals surface area contributed by atoms with Crippen LogP contribution in [0.5, 0.6) is 0 Å². The Morgan fingerprint density at radius 2 is 1.07 bits per heavy atom. The average molecular weight is 615 g/mol. The lowest BCUT2D eigenvalue weighted by Crippen LogP contribution is -2.16. The summed E-state index contributed by atoms with van der Waals surface area (Å²) in [5, 5.41) is 15.5. The van der Waals surface area contributed by atoms with Crippen LogP contribution >= 0.6 is 0 Å². The zero-order valence-electron chi connectivity index (χ0n) is 32.3. The van der Waals surface area contributed by atoms with Gasteiger partial charge >= 0.3 is 0 Å². The topological polar surface area (TPSA) is 55.2 Å². The van der Waals surface area contributed by atoms with Gasteiger partial charge < -0.3 is 5.32 Å². The van der Waals surface area contributed by atoms with Crippen molar-refractivity contribution >= 4 is 17.1 Å². The first kappa shape index (κ1) is 27.6. The molecule has 0 fully saturated rings. The maximum atomic E-state index is 12.1. The van der Waals surface area contributed by atoms with Gasteiger partial charge in [0, 0.05) is 17.2 Å². The highest BCUT2D eigenvalue weighted by Crippen LogP contribution is 2.43. The highest BCUT2D eigenvalue weighted by atomic mass is 16.6. The molecule has 0 saturated carbocycles. The number of nitrogens with zero attached hydrogens (tertiary/aromatic N) is 1. The van der Waals surface area contributed by atoms with Crippen molar-refractivity contribution in [1.82, 2.24) is 0 Å². The van der Waals surface area contributed by atoms with Crippen LogP contribution in [-0.4, -0.2) is 4.92 Å². The van der Waals surface area contributed by atoms with Crippen molar-refractivity contribution in [2.24, 2.45) is 0 Å². The summed E-state index contributed by atoms with van der Waals surface area (Å²) in [7, 11) is 0. The van der Waals surface area contributed by atoms with Crippen LogP contribution < -0.4 is 5.32 Å². The molecule has 0 saturated heterocycles. The van der Waals surface area contributed by atoms with Crippen molar-refractivity contribution in [1.29, 1.82) is 0 Å². The molecule has 5 aromatic carbocycles. The number of nitro benzene ring substituents is 1. The van der Waals surface area contributed by atoms with E-state index in [1.807, 2.05) is 36.4 Å². The van der Waals surface area contributed by atoms with E-state index < -0.39 is 4.92 Å². The van der Waals surface area contributed by atoms with Crippen LogP contribution in [0.2, 0.25) is 0 Å². The first-order chi connectivity index (χ1) is 23.2. The molecule has 4 heteroatoms. The summed E-state index contributed by atoms with van der Waals surface area (Å²) < 4.78 is 36.8. The van der Waals surface area contributed by atoms with Crippen LogP contribution in [0.25, 0.3) is 33.4 Å². The molecular weight excluding hydrogens is 564 g/mol. The number of anilines is 2. The Kier molecular flexibility index (Phi) is 7.35. The van der Waals surface area contributed by atoms with E-state index >= 15 is 0 Å². The normalized spacial score (nSPS) is 13.4. The van der Waals surface area contributed by atoms with Gasteiger partial charge in [-0.05, 0) is 61.3 Å². The molecule has 46 heavy (non-hydrogen) atoms. The van der Waals surface area contributed by atoms with E-state index in [1.54, 1.807) is 24.3 Å². The highest BCUT2D eigenvalue weighted by Gasteiger charge is 2.23. The van der Waals surface area contributed by atoms with Crippen molar-refractivity contribution in [2.75, 3.05) is 5.32 Å². The summed E-state index contributed by atoms with van der Waals surface area (Å²) in [6, 6.07) is 25.3. The predicted octanol–water partition coefficient (Wildman–Crippen LogP) is 12.2. The fraction of sp³-hybridized carbons (Fsp3) is 0.286. The Bertz CT molecular complexity index is 2040. The maximum absolute atomic E-state index is 12.1. The molecule has 0 aromatic heterocycles. The van der Waals surface area contributed by atoms with E-state index in [4.69, 9.17) is 2.74 Å². The van der Waals surface area contributed by atoms with E-state index in [9.17, 15) is 12.9 Å². The molecule has 0 atom stereocenters. The van der Waals surface area contributed by atoms with E-state index in [-0.39, 0.29) is 62.9 Å². The number of hydrogen-bond donors (Lipinski definition) is 1. The van der Waals surface area contributed by atoms with Gasteiger partial charge in [-0.2, -0.15) is 0 Å². The lowest BCUT2D eigenvalue weighted by molar-refractivity contribution is -0.383. The van der Waals surface area contributed by atoms with Gasteiger partial charge in [0.1, 0.15) is 5.69 Å². The molecule has 4 nitrogen and oxygen atoms in total. The Morgan fingerprint density at radius 3 is 1.59 bits per heavy atom. The molecule has 5 rings (SSSR count). The molecule has 0 aliphatic carbocycles. The summed E-state index contributed by atoms with van der Waals surface area (Å²) in [6.45, 7) is 19.3. The molecule has 0 heterocycles. The predicted molar refractivity (Wildman–Crippen MR) is 195 cm³/mol. The molecule has 0 radical (unpaired) electrons. The second-order valence-electron chi connectivity index (χ2n) is 15.0. The molecule has 236 valence electrons. The van der Waals surface area contributed by atoms with Gasteiger partial charge in [0.2, 0.25) is 0 Å². The van der Waals surface area contributed by atoms with Crippen LogP contribution in [0.3, 0.4) is 0 Å². The molecule has 0 aliphatic rings. The van der Waals surface area contributed by atoms with Crippen molar-refractivity contribution in [3.05, 3.63) is 136 Å². The molecule has 0 unspecified atom stereocenters. The van der Waals surface area contributed by atoms with Crippen LogP contribution in [0.15, 0.2) is 109 Å². The average Bonchev–Trinajstić information content (AvgIpc) is 3.03. The number of para-hydroxylation sites is 3. The van der Waals surface area contributed by atoms with Crippen LogP contribution in [-0.2, 0) is 16.2 Å². The van der Waals surface area contributed by atoms with E-state index in [0.29, 0.717) is 16.8 Å². The zero-order valence-corrected chi connectivity index (χ0v) is 28.3. The third-order valence-electron chi connectivity index (χ3n) is 8.33. The number of nitrogens with one attached hydrogen (secondary N) is 1. The first-order valence-electron chi connectivity index (χ1n) is 17.7. The van der Waals surface area contributed by atoms with Gasteiger partial charge in [0.15, 0.2) is 0 Å². The molecule has 5 aromatic rings. The van der Waals surface area contributed by atoms with Gasteiger partial charge in [0.05, 0.1) is 16.1 Å². The van der Waals surface area contributed by atoms with Gasteiger partial charge in [-0.25, -0.2) is 0 Å². The molecule has 0 bridgehead atoms. The fourth-order valence-electron chi connectivity index (χ4n) is 5.39. The Morgan fingerprint density at radius 1 is 0.565 bits per heavy atom. The minimum absolute atomic E-state index is 0.0839. The molecule has 0 amide bonds. The summed E-state index contributed by atoms with van der Waals surface area (Å²) in [4.78, 5) is 11.7. The van der Waals surface area contributed by atoms with E-state index in [1.165, 1.54) is 6.07 Å². The highest BCUT2D eigenvalue weighted by molar-refractivity contribution is 5.94. The third-order valence-corrected chi connectivity index (χ3v) is 8.33. The third kappa shape index (κ3) is 7.07. The summed E-state index contributed by atoms with van der Waals surface area (Å²) >= 11 is 0. The summed E-state index contributed by atoms with van der Waals surface area (Å²) in [6.07, 6.45) is 0. The summed E-state index contributed by atoms with van der Waals surface area (Å²) in [5.41, 5.74) is 6.41. The van der Waals surface area contributed by atoms with Crippen LogP contribution in [0.4, 0.5) is 17.1 Å². The number of hydrogen-bond acceptors (Lipinski definition) is 3. The first-order valence-corrected chi connectivity index (χ1v) is 15.7. The van der Waals surface area contributed by atoms with Gasteiger partial charge in [-0.15, -0.1) is 0 Å². The number of rotatable bonds is 6. The SMILES string of the molecule is [2H]c1c([2H])c(-c2cccc(-c3cc(C(C)(C)C)cc(C(C)(C)C)c3)c2Nc2ccccc2[N+](=O)[O-])c([2H])c([2H])c1-c1ccc(C(C)(C)C)cc1. The van der Waals surface area contributed by atoms with Gasteiger partial charge in [-0.3, -0.25) is 10.1 Å². The van der Waals surface area contributed by atoms with Crippen molar-refractivity contribution in [2.45, 2.75) is 78.6 Å². The van der Waals surface area contributed by atoms with Crippen LogP contribution in [0.1, 0.15) is 84.5 Å². The smallest absolute Gasteiger partial charge is 0.292 e. The minimum atomic E-state index is -0.446. The Hall–Kier alpha value is -4.70. The number of benzene rings is 5. The molecular formula is C42H46N2O2. The van der Waals surface area contributed by atoms with Gasteiger partial charge in [-0.1, -0.05) is 159 Å². The Labute approximate surface area is 280 Å². The van der Waals surface area contributed by atoms with Gasteiger partial charge in [0.25, 0.3) is 5.69 Å². The fourth-order valence-corrected chi connectivity index (χ4v) is 5.39. The molecule has 0 aliphatic heterocycles. The largest absolute Gasteiger partial charge is 0.349 e.